The standard InChI is InChI=1S/C14H12ClN3S/c15-12-8-6-11(7-9-12)10-16-18-14(19)17-13-4-2-1-3-5-13/h1-10H,(H2,17,18,19)/b16-10-. The molecule has 0 aliphatic rings. The van der Waals surface area contributed by atoms with E-state index in [4.69, 9.17) is 23.8 Å². The first kappa shape index (κ1) is 13.5. The van der Waals surface area contributed by atoms with E-state index in [0.717, 1.165) is 11.3 Å². The van der Waals surface area contributed by atoms with Crippen LogP contribution in [0.5, 0.6) is 0 Å². The van der Waals surface area contributed by atoms with E-state index in [-0.39, 0.29) is 0 Å². The van der Waals surface area contributed by atoms with Crippen LogP contribution in [0.1, 0.15) is 5.56 Å². The minimum absolute atomic E-state index is 0.441. The fraction of sp³-hybridized carbons (Fsp3) is 0. The second-order valence-electron chi connectivity index (χ2n) is 3.74. The number of hydrazone groups is 1. The molecule has 5 heteroatoms. The highest BCUT2D eigenvalue weighted by Gasteiger charge is 1.94. The van der Waals surface area contributed by atoms with Gasteiger partial charge in [-0.1, -0.05) is 41.9 Å². The quantitative estimate of drug-likeness (QED) is 0.514. The maximum Gasteiger partial charge on any atom is 0.191 e. The summed E-state index contributed by atoms with van der Waals surface area (Å²) in [5, 5.41) is 8.21. The molecule has 0 aliphatic carbocycles. The fourth-order valence-corrected chi connectivity index (χ4v) is 1.69. The zero-order chi connectivity index (χ0) is 13.5. The number of thiocarbonyl (C=S) groups is 1. The summed E-state index contributed by atoms with van der Waals surface area (Å²) < 4.78 is 0. The van der Waals surface area contributed by atoms with E-state index in [0.29, 0.717) is 10.1 Å². The Bertz CT molecular complexity index is 567. The molecule has 0 aliphatic heterocycles. The average Bonchev–Trinajstić information content (AvgIpc) is 2.42. The minimum atomic E-state index is 0.441. The van der Waals surface area contributed by atoms with Gasteiger partial charge in [0.25, 0.3) is 0 Å². The number of benzene rings is 2. The van der Waals surface area contributed by atoms with E-state index < -0.39 is 0 Å². The van der Waals surface area contributed by atoms with E-state index in [1.54, 1.807) is 6.21 Å². The molecule has 3 nitrogen and oxygen atoms in total. The Kier molecular flexibility index (Phi) is 4.89. The maximum atomic E-state index is 5.80. The van der Waals surface area contributed by atoms with E-state index in [2.05, 4.69) is 15.8 Å². The smallest absolute Gasteiger partial charge is 0.191 e. The molecule has 0 saturated carbocycles. The van der Waals surface area contributed by atoms with Gasteiger partial charge in [0.2, 0.25) is 0 Å². The van der Waals surface area contributed by atoms with Crippen LogP contribution in [0, 0.1) is 0 Å². The Morgan fingerprint density at radius 1 is 1.05 bits per heavy atom. The highest BCUT2D eigenvalue weighted by molar-refractivity contribution is 7.80. The third-order valence-electron chi connectivity index (χ3n) is 2.28. The molecule has 2 rings (SSSR count). The Morgan fingerprint density at radius 2 is 1.74 bits per heavy atom. The fourth-order valence-electron chi connectivity index (χ4n) is 1.39. The van der Waals surface area contributed by atoms with Crippen molar-refractivity contribution >= 4 is 40.8 Å². The van der Waals surface area contributed by atoms with Crippen LogP contribution in [0.2, 0.25) is 5.02 Å². The summed E-state index contributed by atoms with van der Waals surface area (Å²) in [7, 11) is 0. The molecule has 0 saturated heterocycles. The van der Waals surface area contributed by atoms with Gasteiger partial charge in [-0.3, -0.25) is 5.43 Å². The average molecular weight is 290 g/mol. The van der Waals surface area contributed by atoms with Crippen LogP contribution in [-0.4, -0.2) is 11.3 Å². The molecule has 0 amide bonds. The van der Waals surface area contributed by atoms with Gasteiger partial charge in [-0.2, -0.15) is 5.10 Å². The molecule has 0 spiro atoms. The summed E-state index contributed by atoms with van der Waals surface area (Å²) >= 11 is 10.9. The zero-order valence-electron chi connectivity index (χ0n) is 10.0. The van der Waals surface area contributed by atoms with Gasteiger partial charge in [0.15, 0.2) is 5.11 Å². The van der Waals surface area contributed by atoms with Gasteiger partial charge >= 0.3 is 0 Å². The summed E-state index contributed by atoms with van der Waals surface area (Å²) in [4.78, 5) is 0. The SMILES string of the molecule is S=C(N/N=C\c1ccc(Cl)cc1)Nc1ccccc1. The van der Waals surface area contributed by atoms with Gasteiger partial charge in [-0.05, 0) is 42.0 Å². The highest BCUT2D eigenvalue weighted by Crippen LogP contribution is 2.07. The van der Waals surface area contributed by atoms with E-state index in [9.17, 15) is 0 Å². The van der Waals surface area contributed by atoms with Crippen molar-refractivity contribution in [3.8, 4) is 0 Å². The number of nitrogens with one attached hydrogen (secondary N) is 2. The molecule has 19 heavy (non-hydrogen) atoms. The minimum Gasteiger partial charge on any atom is -0.331 e. The van der Waals surface area contributed by atoms with Crippen LogP contribution in [-0.2, 0) is 0 Å². The van der Waals surface area contributed by atoms with Crippen LogP contribution in [0.3, 0.4) is 0 Å². The summed E-state index contributed by atoms with van der Waals surface area (Å²) in [6.45, 7) is 0. The lowest BCUT2D eigenvalue weighted by Crippen LogP contribution is -2.23. The van der Waals surface area contributed by atoms with Crippen molar-refractivity contribution in [2.24, 2.45) is 5.10 Å². The molecule has 96 valence electrons. The van der Waals surface area contributed by atoms with Crippen LogP contribution in [0.15, 0.2) is 59.7 Å². The monoisotopic (exact) mass is 289 g/mol. The van der Waals surface area contributed by atoms with Crippen molar-refractivity contribution in [1.82, 2.24) is 5.43 Å². The third-order valence-corrected chi connectivity index (χ3v) is 2.73. The number of para-hydroxylation sites is 1. The zero-order valence-corrected chi connectivity index (χ0v) is 11.6. The summed E-state index contributed by atoms with van der Waals surface area (Å²) in [6.07, 6.45) is 1.68. The maximum absolute atomic E-state index is 5.80. The van der Waals surface area contributed by atoms with E-state index >= 15 is 0 Å². The first-order valence-corrected chi connectivity index (χ1v) is 6.43. The lowest BCUT2D eigenvalue weighted by molar-refractivity contribution is 1.05. The van der Waals surface area contributed by atoms with Crippen LogP contribution >= 0.6 is 23.8 Å². The first-order chi connectivity index (χ1) is 9.24. The van der Waals surface area contributed by atoms with Crippen molar-refractivity contribution in [3.63, 3.8) is 0 Å². The van der Waals surface area contributed by atoms with Gasteiger partial charge in [-0.15, -0.1) is 0 Å². The topological polar surface area (TPSA) is 36.4 Å². The van der Waals surface area contributed by atoms with Crippen molar-refractivity contribution in [3.05, 3.63) is 65.2 Å². The number of rotatable bonds is 3. The van der Waals surface area contributed by atoms with Gasteiger partial charge < -0.3 is 5.32 Å². The van der Waals surface area contributed by atoms with Crippen molar-refractivity contribution in [2.45, 2.75) is 0 Å². The Morgan fingerprint density at radius 3 is 2.42 bits per heavy atom. The summed E-state index contributed by atoms with van der Waals surface area (Å²) in [5.41, 5.74) is 4.61. The predicted molar refractivity (Wildman–Crippen MR) is 84.8 cm³/mol. The molecule has 0 atom stereocenters. The lowest BCUT2D eigenvalue weighted by atomic mass is 10.2. The second kappa shape index (κ2) is 6.87. The molecule has 2 N–H and O–H groups in total. The third kappa shape index (κ3) is 4.69. The molecular formula is C14H12ClN3S. The lowest BCUT2D eigenvalue weighted by Gasteiger charge is -2.06. The molecule has 0 unspecified atom stereocenters. The van der Waals surface area contributed by atoms with Gasteiger partial charge in [0, 0.05) is 10.7 Å². The van der Waals surface area contributed by atoms with Gasteiger partial charge in [0.1, 0.15) is 0 Å². The van der Waals surface area contributed by atoms with Crippen LogP contribution < -0.4 is 10.7 Å². The van der Waals surface area contributed by atoms with Gasteiger partial charge in [0.05, 0.1) is 6.21 Å². The van der Waals surface area contributed by atoms with Crippen LogP contribution in [0.25, 0.3) is 0 Å². The number of nitrogens with zero attached hydrogens (tertiary/aromatic N) is 1. The van der Waals surface area contributed by atoms with Crippen LogP contribution in [0.4, 0.5) is 5.69 Å². The summed E-state index contributed by atoms with van der Waals surface area (Å²) in [6, 6.07) is 17.0. The van der Waals surface area contributed by atoms with Crippen molar-refractivity contribution in [1.29, 1.82) is 0 Å². The normalized spacial score (nSPS) is 10.4. The Labute approximate surface area is 122 Å². The summed E-state index contributed by atoms with van der Waals surface area (Å²) in [5.74, 6) is 0. The molecule has 2 aromatic carbocycles. The largest absolute Gasteiger partial charge is 0.331 e. The van der Waals surface area contributed by atoms with E-state index in [1.807, 2.05) is 54.6 Å². The van der Waals surface area contributed by atoms with Crippen molar-refractivity contribution in [2.75, 3.05) is 5.32 Å². The Balaban J connectivity index is 1.85. The molecule has 2 aromatic rings. The number of anilines is 1. The predicted octanol–water partition coefficient (Wildman–Crippen LogP) is 3.66. The Hall–Kier alpha value is -1.91. The molecule has 0 fully saturated rings. The second-order valence-corrected chi connectivity index (χ2v) is 4.59. The molecular weight excluding hydrogens is 278 g/mol. The molecule has 0 heterocycles. The molecule has 0 radical (unpaired) electrons. The molecule has 0 bridgehead atoms. The van der Waals surface area contributed by atoms with E-state index in [1.165, 1.54) is 0 Å². The highest BCUT2D eigenvalue weighted by atomic mass is 35.5. The number of hydrogen-bond acceptors (Lipinski definition) is 2. The number of hydrogen-bond donors (Lipinski definition) is 2. The number of halogens is 1. The molecule has 0 aromatic heterocycles. The van der Waals surface area contributed by atoms with Crippen molar-refractivity contribution < 1.29 is 0 Å². The van der Waals surface area contributed by atoms with Gasteiger partial charge in [-0.25, -0.2) is 0 Å². The first-order valence-electron chi connectivity index (χ1n) is 5.65.